The fraction of sp³-hybridized carbons (Fsp3) is 0.360. The molecule has 1 aliphatic rings. The quantitative estimate of drug-likeness (QED) is 0.184. The molecule has 5 N–H and O–H groups in total. The number of carboxylic acids is 2. The molecule has 2 aromatic rings. The molecule has 1 aliphatic heterocycles. The van der Waals surface area contributed by atoms with E-state index in [1.165, 1.54) is 18.2 Å². The molecule has 37 heavy (non-hydrogen) atoms. The van der Waals surface area contributed by atoms with E-state index in [-0.39, 0.29) is 56.4 Å². The van der Waals surface area contributed by atoms with Crippen molar-refractivity contribution in [2.45, 2.75) is 31.8 Å². The maximum absolute atomic E-state index is 13.8. The molecule has 198 valence electrons. The Labute approximate surface area is 212 Å². The summed E-state index contributed by atoms with van der Waals surface area (Å²) in [5.74, 6) is -3.52. The Morgan fingerprint density at radius 3 is 2.62 bits per heavy atom. The first-order chi connectivity index (χ1) is 17.7. The van der Waals surface area contributed by atoms with Crippen molar-refractivity contribution in [3.8, 4) is 5.75 Å². The van der Waals surface area contributed by atoms with E-state index in [0.717, 1.165) is 6.07 Å². The highest BCUT2D eigenvalue weighted by Gasteiger charge is 2.26. The average Bonchev–Trinajstić information content (AvgIpc) is 2.84. The number of rotatable bonds is 14. The monoisotopic (exact) mass is 517 g/mol. The van der Waals surface area contributed by atoms with E-state index in [4.69, 9.17) is 14.6 Å². The third-order valence-corrected chi connectivity index (χ3v) is 5.53. The number of carbonyl (C=O) groups is 4. The van der Waals surface area contributed by atoms with Crippen LogP contribution in [0.5, 0.6) is 5.75 Å². The van der Waals surface area contributed by atoms with Gasteiger partial charge in [0.25, 0.3) is 0 Å². The maximum Gasteiger partial charge on any atom is 0.336 e. The molecule has 1 fully saturated rings. The van der Waals surface area contributed by atoms with E-state index in [1.54, 1.807) is 12.1 Å². The van der Waals surface area contributed by atoms with Gasteiger partial charge in [-0.25, -0.2) is 9.18 Å². The first-order valence-electron chi connectivity index (χ1n) is 11.6. The molecule has 2 aromatic carbocycles. The Hall–Kier alpha value is -4.03. The highest BCUT2D eigenvalue weighted by molar-refractivity contribution is 6.00. The highest BCUT2D eigenvalue weighted by Crippen LogP contribution is 2.20. The number of imide groups is 1. The number of ether oxygens (including phenoxy) is 2. The maximum atomic E-state index is 13.8. The average molecular weight is 518 g/mol. The van der Waals surface area contributed by atoms with Gasteiger partial charge in [-0.05, 0) is 47.9 Å². The second kappa shape index (κ2) is 13.3. The number of benzene rings is 2. The van der Waals surface area contributed by atoms with E-state index in [9.17, 15) is 28.7 Å². The summed E-state index contributed by atoms with van der Waals surface area (Å²) < 4.78 is 24.6. The third-order valence-electron chi connectivity index (χ3n) is 5.53. The van der Waals surface area contributed by atoms with Crippen molar-refractivity contribution in [1.82, 2.24) is 10.6 Å². The third kappa shape index (κ3) is 8.54. The molecule has 11 nitrogen and oxygen atoms in total. The standard InChI is InChI=1S/C25H28FN3O8/c26-19-4-1-15(12-23(31)32)11-21(19)37-10-9-36-8-7-27-17-2-3-18(25(34)35)16(13-17)14-28-20-5-6-22(30)29-24(20)33/h1-4,11,13,20,27-28H,5-10,12,14H2,(H,31,32)(H,34,35)(H,29,30,33). The number of carbonyl (C=O) groups excluding carboxylic acids is 2. The van der Waals surface area contributed by atoms with Crippen LogP contribution in [0.4, 0.5) is 10.1 Å². The van der Waals surface area contributed by atoms with Gasteiger partial charge in [-0.1, -0.05) is 6.07 Å². The number of nitrogens with one attached hydrogen (secondary N) is 3. The first-order valence-corrected chi connectivity index (χ1v) is 11.6. The van der Waals surface area contributed by atoms with E-state index in [0.29, 0.717) is 29.8 Å². The number of piperidine rings is 1. The molecule has 0 aliphatic carbocycles. The van der Waals surface area contributed by atoms with Crippen molar-refractivity contribution < 1.29 is 43.3 Å². The van der Waals surface area contributed by atoms with Crippen molar-refractivity contribution in [3.63, 3.8) is 0 Å². The van der Waals surface area contributed by atoms with Crippen LogP contribution >= 0.6 is 0 Å². The smallest absolute Gasteiger partial charge is 0.336 e. The Morgan fingerprint density at radius 1 is 1.08 bits per heavy atom. The van der Waals surface area contributed by atoms with E-state index < -0.39 is 29.7 Å². The molecule has 1 saturated heterocycles. The second-order valence-electron chi connectivity index (χ2n) is 8.28. The summed E-state index contributed by atoms with van der Waals surface area (Å²) in [6.07, 6.45) is 0.321. The van der Waals surface area contributed by atoms with Gasteiger partial charge < -0.3 is 30.3 Å². The van der Waals surface area contributed by atoms with Gasteiger partial charge in [0.05, 0.1) is 31.2 Å². The van der Waals surface area contributed by atoms with Gasteiger partial charge >= 0.3 is 11.9 Å². The number of halogens is 1. The molecular weight excluding hydrogens is 489 g/mol. The van der Waals surface area contributed by atoms with Crippen molar-refractivity contribution >= 4 is 29.4 Å². The topological polar surface area (TPSA) is 163 Å². The minimum absolute atomic E-state index is 0.0440. The summed E-state index contributed by atoms with van der Waals surface area (Å²) in [5.41, 5.74) is 1.65. The van der Waals surface area contributed by atoms with Crippen molar-refractivity contribution in [1.29, 1.82) is 0 Å². The molecular formula is C25H28FN3O8. The van der Waals surface area contributed by atoms with Crippen LogP contribution < -0.4 is 20.7 Å². The van der Waals surface area contributed by atoms with Gasteiger partial charge in [-0.15, -0.1) is 0 Å². The molecule has 0 spiro atoms. The predicted octanol–water partition coefficient (Wildman–Crippen LogP) is 1.55. The van der Waals surface area contributed by atoms with Gasteiger partial charge in [0.1, 0.15) is 6.61 Å². The minimum atomic E-state index is -1.10. The van der Waals surface area contributed by atoms with Gasteiger partial charge in [-0.3, -0.25) is 19.7 Å². The van der Waals surface area contributed by atoms with Crippen LogP contribution in [0.25, 0.3) is 0 Å². The lowest BCUT2D eigenvalue weighted by molar-refractivity contribution is -0.137. The normalized spacial score (nSPS) is 15.2. The summed E-state index contributed by atoms with van der Waals surface area (Å²) in [6, 6.07) is 8.06. The summed E-state index contributed by atoms with van der Waals surface area (Å²) in [5, 5.41) is 26.7. The summed E-state index contributed by atoms with van der Waals surface area (Å²) in [6.45, 7) is 1.05. The van der Waals surface area contributed by atoms with Gasteiger partial charge in [0.2, 0.25) is 11.8 Å². The number of carboxylic acid groups (broad SMARTS) is 2. The van der Waals surface area contributed by atoms with Crippen LogP contribution in [0.1, 0.15) is 34.3 Å². The first kappa shape index (κ1) is 27.6. The summed E-state index contributed by atoms with van der Waals surface area (Å²) in [4.78, 5) is 45.6. The van der Waals surface area contributed by atoms with Gasteiger partial charge in [0.15, 0.2) is 11.6 Å². The summed E-state index contributed by atoms with van der Waals surface area (Å²) >= 11 is 0. The fourth-order valence-electron chi connectivity index (χ4n) is 3.70. The number of aliphatic carboxylic acids is 1. The molecule has 1 atom stereocenters. The van der Waals surface area contributed by atoms with E-state index in [1.807, 2.05) is 0 Å². The van der Waals surface area contributed by atoms with Crippen LogP contribution in [0.15, 0.2) is 36.4 Å². The lowest BCUT2D eigenvalue weighted by Crippen LogP contribution is -2.50. The SMILES string of the molecule is O=C(O)Cc1ccc(F)c(OCCOCCNc2ccc(C(=O)O)c(CNC3CCC(=O)NC3=O)c2)c1. The number of hydrogen-bond donors (Lipinski definition) is 5. The van der Waals surface area contributed by atoms with Crippen LogP contribution in [0.2, 0.25) is 0 Å². The zero-order chi connectivity index (χ0) is 26.8. The Balaban J connectivity index is 1.42. The molecule has 0 saturated carbocycles. The largest absolute Gasteiger partial charge is 0.488 e. The zero-order valence-corrected chi connectivity index (χ0v) is 19.9. The van der Waals surface area contributed by atoms with Crippen molar-refractivity contribution in [2.24, 2.45) is 0 Å². The molecule has 3 rings (SSSR count). The second-order valence-corrected chi connectivity index (χ2v) is 8.28. The van der Waals surface area contributed by atoms with Gasteiger partial charge in [-0.2, -0.15) is 0 Å². The van der Waals surface area contributed by atoms with Crippen LogP contribution in [0, 0.1) is 5.82 Å². The molecule has 1 unspecified atom stereocenters. The van der Waals surface area contributed by atoms with Crippen LogP contribution in [0.3, 0.4) is 0 Å². The number of hydrogen-bond acceptors (Lipinski definition) is 8. The predicted molar refractivity (Wildman–Crippen MR) is 129 cm³/mol. The lowest BCUT2D eigenvalue weighted by atomic mass is 10.0. The summed E-state index contributed by atoms with van der Waals surface area (Å²) in [7, 11) is 0. The van der Waals surface area contributed by atoms with Crippen molar-refractivity contribution in [2.75, 3.05) is 31.7 Å². The molecule has 0 bridgehead atoms. The molecule has 2 amide bonds. The van der Waals surface area contributed by atoms with Gasteiger partial charge in [0, 0.05) is 25.2 Å². The zero-order valence-electron chi connectivity index (χ0n) is 19.9. The lowest BCUT2D eigenvalue weighted by Gasteiger charge is -2.22. The molecule has 0 radical (unpaired) electrons. The Morgan fingerprint density at radius 2 is 1.89 bits per heavy atom. The van der Waals surface area contributed by atoms with E-state index >= 15 is 0 Å². The number of anilines is 1. The minimum Gasteiger partial charge on any atom is -0.488 e. The Bertz CT molecular complexity index is 1160. The molecule has 12 heteroatoms. The van der Waals surface area contributed by atoms with E-state index in [2.05, 4.69) is 16.0 Å². The number of aromatic carboxylic acids is 1. The van der Waals surface area contributed by atoms with Crippen molar-refractivity contribution in [3.05, 3.63) is 58.9 Å². The van der Waals surface area contributed by atoms with Crippen LogP contribution in [-0.2, 0) is 32.1 Å². The molecule has 0 aromatic heterocycles. The fourth-order valence-corrected chi connectivity index (χ4v) is 3.70. The number of amides is 2. The molecule has 1 heterocycles. The highest BCUT2D eigenvalue weighted by atomic mass is 19.1. The van der Waals surface area contributed by atoms with Crippen LogP contribution in [-0.4, -0.2) is 66.4 Å². The Kier molecular flexibility index (Phi) is 9.92.